The number of hydrogen-bond donors (Lipinski definition) is 1. The number of nitro groups is 1. The first-order valence-electron chi connectivity index (χ1n) is 5.42. The lowest BCUT2D eigenvalue weighted by atomic mass is 10.2. The minimum Gasteiger partial charge on any atom is -0.411 e. The Morgan fingerprint density at radius 2 is 2.15 bits per heavy atom. The Hall–Kier alpha value is -2.36. The molecule has 20 heavy (non-hydrogen) atoms. The zero-order valence-corrected chi connectivity index (χ0v) is 11.6. The molecule has 2 aromatic rings. The van der Waals surface area contributed by atoms with Crippen molar-refractivity contribution in [1.82, 2.24) is 20.2 Å². The van der Waals surface area contributed by atoms with Crippen LogP contribution in [-0.4, -0.2) is 41.4 Å². The highest BCUT2D eigenvalue weighted by Crippen LogP contribution is 2.13. The van der Waals surface area contributed by atoms with Crippen LogP contribution in [0.1, 0.15) is 11.4 Å². The SMILES string of the molecule is O=[N+]([O-])c1ccc(Cn2nnnc2/C(CBr)=N\O)cc1. The summed E-state index contributed by atoms with van der Waals surface area (Å²) in [4.78, 5) is 10.1. The molecule has 0 aliphatic carbocycles. The van der Waals surface area contributed by atoms with Gasteiger partial charge in [0, 0.05) is 12.1 Å². The summed E-state index contributed by atoms with van der Waals surface area (Å²) in [5, 5.41) is 33.9. The van der Waals surface area contributed by atoms with Gasteiger partial charge in [0.15, 0.2) is 0 Å². The van der Waals surface area contributed by atoms with E-state index in [1.54, 1.807) is 12.1 Å². The number of tetrazole rings is 1. The van der Waals surface area contributed by atoms with Crippen LogP contribution >= 0.6 is 15.9 Å². The number of non-ortho nitro benzene ring substituents is 1. The van der Waals surface area contributed by atoms with Gasteiger partial charge in [-0.2, -0.15) is 0 Å². The molecular weight excluding hydrogens is 332 g/mol. The lowest BCUT2D eigenvalue weighted by Crippen LogP contribution is -2.14. The standard InChI is InChI=1S/C10H9BrN6O3/c11-5-9(13-18)10-12-14-15-16(10)6-7-1-3-8(4-2-7)17(19)20/h1-4,18H,5-6H2/b13-9-. The van der Waals surface area contributed by atoms with Gasteiger partial charge < -0.3 is 5.21 Å². The number of oxime groups is 1. The van der Waals surface area contributed by atoms with E-state index >= 15 is 0 Å². The van der Waals surface area contributed by atoms with Crippen LogP contribution in [0.5, 0.6) is 0 Å². The van der Waals surface area contributed by atoms with Gasteiger partial charge in [0.1, 0.15) is 5.71 Å². The normalized spacial score (nSPS) is 11.6. The molecule has 1 aromatic carbocycles. The van der Waals surface area contributed by atoms with Gasteiger partial charge in [-0.15, -0.1) is 5.10 Å². The molecule has 0 spiro atoms. The molecule has 1 aromatic heterocycles. The Balaban J connectivity index is 2.22. The number of rotatable bonds is 5. The third-order valence-corrected chi connectivity index (χ3v) is 3.05. The fourth-order valence-corrected chi connectivity index (χ4v) is 1.91. The Bertz CT molecular complexity index is 639. The largest absolute Gasteiger partial charge is 0.411 e. The summed E-state index contributed by atoms with van der Waals surface area (Å²) in [6.07, 6.45) is 0. The van der Waals surface area contributed by atoms with E-state index in [0.717, 1.165) is 5.56 Å². The summed E-state index contributed by atoms with van der Waals surface area (Å²) in [6.45, 7) is 0.312. The summed E-state index contributed by atoms with van der Waals surface area (Å²) < 4.78 is 1.44. The van der Waals surface area contributed by atoms with Gasteiger partial charge in [-0.25, -0.2) is 4.68 Å². The smallest absolute Gasteiger partial charge is 0.269 e. The molecule has 0 aliphatic rings. The summed E-state index contributed by atoms with van der Waals surface area (Å²) in [6, 6.07) is 6.05. The van der Waals surface area contributed by atoms with Crippen LogP contribution in [-0.2, 0) is 6.54 Å². The molecular formula is C10H9BrN6O3. The fourth-order valence-electron chi connectivity index (χ4n) is 1.55. The maximum atomic E-state index is 10.6. The Kier molecular flexibility index (Phi) is 4.35. The van der Waals surface area contributed by atoms with Crippen LogP contribution < -0.4 is 0 Å². The van der Waals surface area contributed by atoms with Gasteiger partial charge in [0.2, 0.25) is 5.82 Å². The molecule has 0 bridgehead atoms. The second kappa shape index (κ2) is 6.19. The van der Waals surface area contributed by atoms with E-state index in [0.29, 0.717) is 17.7 Å². The maximum Gasteiger partial charge on any atom is 0.269 e. The van der Waals surface area contributed by atoms with Crippen molar-refractivity contribution in [1.29, 1.82) is 0 Å². The predicted octanol–water partition coefficient (Wildman–Crippen LogP) is 1.20. The molecule has 0 saturated heterocycles. The topological polar surface area (TPSA) is 119 Å². The highest BCUT2D eigenvalue weighted by Gasteiger charge is 2.14. The molecule has 0 saturated carbocycles. The molecule has 1 N–H and O–H groups in total. The van der Waals surface area contributed by atoms with Gasteiger partial charge in [0.25, 0.3) is 5.69 Å². The summed E-state index contributed by atoms with van der Waals surface area (Å²) in [5.74, 6) is 0.322. The monoisotopic (exact) mass is 340 g/mol. The Labute approximate surface area is 121 Å². The number of alkyl halides is 1. The highest BCUT2D eigenvalue weighted by molar-refractivity contribution is 9.09. The van der Waals surface area contributed by atoms with Crippen molar-refractivity contribution in [3.63, 3.8) is 0 Å². The minimum atomic E-state index is -0.465. The van der Waals surface area contributed by atoms with Gasteiger partial charge >= 0.3 is 0 Å². The van der Waals surface area contributed by atoms with Crippen molar-refractivity contribution in [2.75, 3.05) is 5.33 Å². The van der Waals surface area contributed by atoms with Gasteiger partial charge in [-0.1, -0.05) is 33.2 Å². The van der Waals surface area contributed by atoms with E-state index in [4.69, 9.17) is 5.21 Å². The van der Waals surface area contributed by atoms with Crippen LogP contribution in [0, 0.1) is 10.1 Å². The van der Waals surface area contributed by atoms with E-state index in [1.807, 2.05) is 0 Å². The Morgan fingerprint density at radius 3 is 2.70 bits per heavy atom. The van der Waals surface area contributed by atoms with E-state index in [1.165, 1.54) is 16.8 Å². The number of benzene rings is 1. The van der Waals surface area contributed by atoms with E-state index in [9.17, 15) is 10.1 Å². The Morgan fingerprint density at radius 1 is 1.45 bits per heavy atom. The quantitative estimate of drug-likeness (QED) is 0.287. The molecule has 2 rings (SSSR count). The molecule has 0 radical (unpaired) electrons. The van der Waals surface area contributed by atoms with Crippen molar-refractivity contribution in [3.8, 4) is 0 Å². The molecule has 0 fully saturated rings. The third kappa shape index (κ3) is 2.96. The molecule has 0 aliphatic heterocycles. The van der Waals surface area contributed by atoms with Crippen LogP contribution in [0.2, 0.25) is 0 Å². The number of nitro benzene ring substituents is 1. The predicted molar refractivity (Wildman–Crippen MR) is 72.1 cm³/mol. The zero-order chi connectivity index (χ0) is 14.5. The molecule has 104 valence electrons. The van der Waals surface area contributed by atoms with Crippen molar-refractivity contribution in [2.45, 2.75) is 6.54 Å². The average Bonchev–Trinajstić information content (AvgIpc) is 2.89. The first kappa shape index (κ1) is 14.1. The van der Waals surface area contributed by atoms with Crippen molar-refractivity contribution in [3.05, 3.63) is 45.8 Å². The molecule has 0 atom stereocenters. The number of halogens is 1. The van der Waals surface area contributed by atoms with Crippen molar-refractivity contribution in [2.24, 2.45) is 5.16 Å². The van der Waals surface area contributed by atoms with Crippen LogP contribution in [0.3, 0.4) is 0 Å². The van der Waals surface area contributed by atoms with Crippen molar-refractivity contribution >= 4 is 27.3 Å². The first-order valence-corrected chi connectivity index (χ1v) is 6.54. The van der Waals surface area contributed by atoms with Crippen LogP contribution in [0.25, 0.3) is 0 Å². The highest BCUT2D eigenvalue weighted by atomic mass is 79.9. The van der Waals surface area contributed by atoms with Gasteiger partial charge in [-0.05, 0) is 16.0 Å². The lowest BCUT2D eigenvalue weighted by Gasteiger charge is -2.04. The van der Waals surface area contributed by atoms with Gasteiger partial charge in [0.05, 0.1) is 16.8 Å². The number of aromatic nitrogens is 4. The number of hydrogen-bond acceptors (Lipinski definition) is 7. The van der Waals surface area contributed by atoms with Gasteiger partial charge in [-0.3, -0.25) is 10.1 Å². The summed E-state index contributed by atoms with van der Waals surface area (Å²) in [5.41, 5.74) is 1.09. The van der Waals surface area contributed by atoms with Crippen LogP contribution in [0.4, 0.5) is 5.69 Å². The molecule has 0 amide bonds. The molecule has 1 heterocycles. The lowest BCUT2D eigenvalue weighted by molar-refractivity contribution is -0.384. The first-order chi connectivity index (χ1) is 9.65. The fraction of sp³-hybridized carbons (Fsp3) is 0.200. The molecule has 10 heteroatoms. The number of nitrogens with zero attached hydrogens (tertiary/aromatic N) is 6. The summed E-state index contributed by atoms with van der Waals surface area (Å²) >= 11 is 3.17. The molecule has 9 nitrogen and oxygen atoms in total. The second-order valence-corrected chi connectivity index (χ2v) is 4.32. The van der Waals surface area contributed by atoms with E-state index < -0.39 is 4.92 Å². The third-order valence-electron chi connectivity index (χ3n) is 2.52. The summed E-state index contributed by atoms with van der Waals surface area (Å²) in [7, 11) is 0. The van der Waals surface area contributed by atoms with E-state index in [2.05, 4.69) is 36.6 Å². The van der Waals surface area contributed by atoms with Crippen molar-refractivity contribution < 1.29 is 10.1 Å². The minimum absolute atomic E-state index is 0.0174. The zero-order valence-electron chi connectivity index (χ0n) is 10.0. The molecule has 0 unspecified atom stereocenters. The second-order valence-electron chi connectivity index (χ2n) is 3.76. The van der Waals surface area contributed by atoms with Crippen LogP contribution in [0.15, 0.2) is 29.4 Å². The average molecular weight is 341 g/mol. The van der Waals surface area contributed by atoms with E-state index in [-0.39, 0.29) is 11.4 Å². The maximum absolute atomic E-state index is 10.6.